The van der Waals surface area contributed by atoms with Gasteiger partial charge in [0.25, 0.3) is 0 Å². The molecule has 0 saturated carbocycles. The maximum Gasteiger partial charge on any atom is 0.407 e. The fourth-order valence-corrected chi connectivity index (χ4v) is 6.09. The highest BCUT2D eigenvalue weighted by Crippen LogP contribution is 2.33. The summed E-state index contributed by atoms with van der Waals surface area (Å²) in [6.07, 6.45) is 4.73. The van der Waals surface area contributed by atoms with Gasteiger partial charge in [-0.05, 0) is 56.0 Å². The average molecular weight is 530 g/mol. The zero-order valence-corrected chi connectivity index (χ0v) is 22.2. The van der Waals surface area contributed by atoms with Crippen molar-refractivity contribution in [3.8, 4) is 0 Å². The molecule has 3 aliphatic rings. The minimum absolute atomic E-state index is 0.0572. The zero-order valence-electron chi connectivity index (χ0n) is 22.2. The molecule has 0 unspecified atom stereocenters. The summed E-state index contributed by atoms with van der Waals surface area (Å²) < 4.78 is 0. The molecule has 4 heterocycles. The number of urea groups is 1. The first-order valence-electron chi connectivity index (χ1n) is 13.9. The van der Waals surface area contributed by atoms with Crippen LogP contribution in [0, 0.1) is 0 Å². The Morgan fingerprint density at radius 3 is 2.23 bits per heavy atom. The number of hydrogen-bond donors (Lipinski definition) is 1. The van der Waals surface area contributed by atoms with Crippen molar-refractivity contribution in [1.82, 2.24) is 24.8 Å². The van der Waals surface area contributed by atoms with Crippen LogP contribution >= 0.6 is 0 Å². The van der Waals surface area contributed by atoms with Gasteiger partial charge in [0.05, 0.1) is 16.9 Å². The number of fused-ring (bicyclic) bond motifs is 1. The molecule has 1 N–H and O–H groups in total. The molecule has 0 bridgehead atoms. The van der Waals surface area contributed by atoms with Gasteiger partial charge < -0.3 is 19.8 Å². The van der Waals surface area contributed by atoms with Gasteiger partial charge in [-0.25, -0.2) is 29.6 Å². The molecule has 6 rings (SSSR count). The van der Waals surface area contributed by atoms with Gasteiger partial charge in [0.15, 0.2) is 0 Å². The molecule has 0 radical (unpaired) electrons. The maximum atomic E-state index is 13.7. The number of piperidine rings is 1. The predicted octanol–water partition coefficient (Wildman–Crippen LogP) is 4.25. The molecule has 39 heavy (non-hydrogen) atoms. The van der Waals surface area contributed by atoms with Crippen molar-refractivity contribution in [2.24, 2.45) is 0 Å². The molecule has 0 atom stereocenters. The van der Waals surface area contributed by atoms with Gasteiger partial charge >= 0.3 is 12.1 Å². The lowest BCUT2D eigenvalue weighted by atomic mass is 9.91. The number of nitrogens with zero attached hydrogens (tertiary/aromatic N) is 7. The lowest BCUT2D eigenvalue weighted by molar-refractivity contribution is 0.142. The zero-order chi connectivity index (χ0) is 26.8. The third kappa shape index (κ3) is 5.21. The molecule has 3 saturated heterocycles. The first-order valence-corrected chi connectivity index (χ1v) is 13.9. The molecule has 1 aromatic heterocycles. The highest BCUT2D eigenvalue weighted by atomic mass is 16.4. The molecule has 2 aromatic carbocycles. The number of piperazine rings is 1. The van der Waals surface area contributed by atoms with Gasteiger partial charge in [-0.15, -0.1) is 0 Å². The van der Waals surface area contributed by atoms with Crippen molar-refractivity contribution >= 4 is 34.4 Å². The number of rotatable bonds is 4. The number of aromatic nitrogens is 2. The number of carbonyl (C=O) groups is 2. The molecule has 0 spiro atoms. The molecule has 10 nitrogen and oxygen atoms in total. The fourth-order valence-electron chi connectivity index (χ4n) is 6.09. The fraction of sp³-hybridized carbons (Fsp3) is 0.448. The third-order valence-electron chi connectivity index (χ3n) is 8.27. The van der Waals surface area contributed by atoms with E-state index in [4.69, 9.17) is 4.98 Å². The van der Waals surface area contributed by atoms with Gasteiger partial charge in [0, 0.05) is 69.3 Å². The summed E-state index contributed by atoms with van der Waals surface area (Å²) >= 11 is 0. The van der Waals surface area contributed by atoms with Crippen LogP contribution < -0.4 is 9.91 Å². The van der Waals surface area contributed by atoms with Crippen LogP contribution in [0.4, 0.5) is 21.0 Å². The second-order valence-electron chi connectivity index (χ2n) is 10.6. The molecular weight excluding hydrogens is 494 g/mol. The largest absolute Gasteiger partial charge is 0.465 e. The molecule has 204 valence electrons. The summed E-state index contributed by atoms with van der Waals surface area (Å²) in [5.41, 5.74) is 3.93. The van der Waals surface area contributed by atoms with Crippen LogP contribution in [0.5, 0.6) is 0 Å². The Balaban J connectivity index is 1.15. The van der Waals surface area contributed by atoms with E-state index < -0.39 is 6.09 Å². The SMILES string of the molecule is O=C(O)N1CCN(c2ccc3c(C4CCN(C(=O)N(c5ccccc5)N5CCCC5)CC4)ncnc3c2)CC1. The van der Waals surface area contributed by atoms with E-state index in [-0.39, 0.29) is 11.9 Å². The number of anilines is 2. The van der Waals surface area contributed by atoms with Crippen LogP contribution in [0.2, 0.25) is 0 Å². The molecule has 0 aliphatic carbocycles. The average Bonchev–Trinajstić information content (AvgIpc) is 3.52. The van der Waals surface area contributed by atoms with E-state index in [0.717, 1.165) is 66.7 Å². The van der Waals surface area contributed by atoms with Gasteiger partial charge in [-0.1, -0.05) is 18.2 Å². The maximum absolute atomic E-state index is 13.7. The lowest BCUT2D eigenvalue weighted by Gasteiger charge is -2.39. The van der Waals surface area contributed by atoms with Crippen molar-refractivity contribution < 1.29 is 14.7 Å². The lowest BCUT2D eigenvalue weighted by Crippen LogP contribution is -2.53. The van der Waals surface area contributed by atoms with Crippen molar-refractivity contribution in [3.63, 3.8) is 0 Å². The Hall–Kier alpha value is -3.92. The molecule has 3 fully saturated rings. The Labute approximate surface area is 228 Å². The smallest absolute Gasteiger partial charge is 0.407 e. The van der Waals surface area contributed by atoms with Crippen LogP contribution in [0.15, 0.2) is 54.9 Å². The summed E-state index contributed by atoms with van der Waals surface area (Å²) in [4.78, 5) is 39.9. The summed E-state index contributed by atoms with van der Waals surface area (Å²) in [6, 6.07) is 16.3. The standard InChI is InChI=1S/C29H35N7O3/c37-28(36(35-12-4-5-13-35)23-6-2-1-3-7-23)33-14-10-22(11-15-33)27-25-9-8-24(20-26(25)30-21-31-27)32-16-18-34(19-17-32)29(38)39/h1-3,6-9,20-22H,4-5,10-19H2,(H,38,39). The third-order valence-corrected chi connectivity index (χ3v) is 8.27. The van der Waals surface area contributed by atoms with Crippen molar-refractivity contribution in [3.05, 3.63) is 60.6 Å². The van der Waals surface area contributed by atoms with E-state index in [1.54, 1.807) is 6.33 Å². The number of hydrazine groups is 1. The first-order chi connectivity index (χ1) is 19.1. The Kier molecular flexibility index (Phi) is 7.19. The molecule has 3 aromatic rings. The van der Waals surface area contributed by atoms with E-state index in [1.807, 2.05) is 40.2 Å². The van der Waals surface area contributed by atoms with Gasteiger partial charge in [-0.3, -0.25) is 0 Å². The van der Waals surface area contributed by atoms with E-state index in [1.165, 1.54) is 4.90 Å². The van der Waals surface area contributed by atoms with Crippen LogP contribution in [0.3, 0.4) is 0 Å². The minimum atomic E-state index is -0.859. The Bertz CT molecular complexity index is 1310. The van der Waals surface area contributed by atoms with Crippen LogP contribution in [-0.2, 0) is 0 Å². The van der Waals surface area contributed by atoms with Gasteiger partial charge in [0.1, 0.15) is 6.33 Å². The van der Waals surface area contributed by atoms with Crippen LogP contribution in [0.1, 0.15) is 37.3 Å². The van der Waals surface area contributed by atoms with Gasteiger partial charge in [0.2, 0.25) is 0 Å². The van der Waals surface area contributed by atoms with Crippen LogP contribution in [-0.4, -0.2) is 94.4 Å². The predicted molar refractivity (Wildman–Crippen MR) is 150 cm³/mol. The summed E-state index contributed by atoms with van der Waals surface area (Å²) in [6.45, 7) is 5.52. The van der Waals surface area contributed by atoms with Crippen molar-refractivity contribution in [1.29, 1.82) is 0 Å². The van der Waals surface area contributed by atoms with E-state index in [9.17, 15) is 14.7 Å². The summed E-state index contributed by atoms with van der Waals surface area (Å²) in [5.74, 6) is 0.265. The summed E-state index contributed by atoms with van der Waals surface area (Å²) in [5, 5.41) is 14.3. The Morgan fingerprint density at radius 2 is 1.54 bits per heavy atom. The van der Waals surface area contributed by atoms with Crippen molar-refractivity contribution in [2.75, 3.05) is 62.3 Å². The minimum Gasteiger partial charge on any atom is -0.465 e. The quantitative estimate of drug-likeness (QED) is 0.540. The number of amides is 3. The second-order valence-corrected chi connectivity index (χ2v) is 10.6. The normalized spacial score (nSPS) is 19.0. The molecule has 3 aliphatic heterocycles. The molecule has 3 amide bonds. The second kappa shape index (κ2) is 11.1. The highest BCUT2D eigenvalue weighted by Gasteiger charge is 2.33. The van der Waals surface area contributed by atoms with E-state index in [2.05, 4.69) is 33.1 Å². The van der Waals surface area contributed by atoms with E-state index in [0.29, 0.717) is 39.3 Å². The number of benzene rings is 2. The molecular formula is C29H35N7O3. The Morgan fingerprint density at radius 1 is 0.821 bits per heavy atom. The van der Waals surface area contributed by atoms with Crippen molar-refractivity contribution in [2.45, 2.75) is 31.6 Å². The van der Waals surface area contributed by atoms with E-state index >= 15 is 0 Å². The van der Waals surface area contributed by atoms with Gasteiger partial charge in [-0.2, -0.15) is 0 Å². The number of carboxylic acid groups (broad SMARTS) is 1. The highest BCUT2D eigenvalue weighted by molar-refractivity contribution is 5.91. The molecule has 10 heteroatoms. The monoisotopic (exact) mass is 529 g/mol. The topological polar surface area (TPSA) is 96.3 Å². The number of carbonyl (C=O) groups excluding carboxylic acids is 1. The van der Waals surface area contributed by atoms with Crippen LogP contribution in [0.25, 0.3) is 10.9 Å². The number of likely N-dealkylation sites (tertiary alicyclic amines) is 1. The number of hydrogen-bond acceptors (Lipinski definition) is 6. The number of para-hydroxylation sites is 1. The first kappa shape index (κ1) is 25.4. The summed E-state index contributed by atoms with van der Waals surface area (Å²) in [7, 11) is 0.